The van der Waals surface area contributed by atoms with Crippen LogP contribution in [0, 0.1) is 5.82 Å². The van der Waals surface area contributed by atoms with Crippen LogP contribution >= 0.6 is 23.2 Å². The Hall–Kier alpha value is -1.29. The minimum absolute atomic E-state index is 0.0917. The molecule has 19 heavy (non-hydrogen) atoms. The molecule has 0 heterocycles. The summed E-state index contributed by atoms with van der Waals surface area (Å²) in [5, 5.41) is 0.575. The number of benzene rings is 2. The SMILES string of the molecule is NCc1ccc(OCc2ccc(Cl)c(F)c2)c(Cl)c1. The second-order valence-corrected chi connectivity index (χ2v) is 4.82. The molecule has 0 saturated heterocycles. The van der Waals surface area contributed by atoms with Crippen molar-refractivity contribution in [1.29, 1.82) is 0 Å². The Kier molecular flexibility index (Phi) is 4.64. The third-order valence-corrected chi connectivity index (χ3v) is 3.21. The van der Waals surface area contributed by atoms with Crippen molar-refractivity contribution in [3.05, 3.63) is 63.4 Å². The van der Waals surface area contributed by atoms with Crippen molar-refractivity contribution in [3.63, 3.8) is 0 Å². The van der Waals surface area contributed by atoms with Gasteiger partial charge >= 0.3 is 0 Å². The van der Waals surface area contributed by atoms with E-state index in [1.165, 1.54) is 12.1 Å². The van der Waals surface area contributed by atoms with Crippen molar-refractivity contribution in [2.75, 3.05) is 0 Å². The molecular weight excluding hydrogens is 288 g/mol. The molecule has 2 nitrogen and oxygen atoms in total. The molecule has 5 heteroatoms. The van der Waals surface area contributed by atoms with E-state index < -0.39 is 5.82 Å². The topological polar surface area (TPSA) is 35.2 Å². The molecule has 0 unspecified atom stereocenters. The van der Waals surface area contributed by atoms with E-state index in [0.717, 1.165) is 5.56 Å². The number of hydrogen-bond acceptors (Lipinski definition) is 2. The van der Waals surface area contributed by atoms with Gasteiger partial charge < -0.3 is 10.5 Å². The number of halogens is 3. The van der Waals surface area contributed by atoms with Gasteiger partial charge in [0.15, 0.2) is 0 Å². The summed E-state index contributed by atoms with van der Waals surface area (Å²) in [5.41, 5.74) is 7.12. The fourth-order valence-electron chi connectivity index (χ4n) is 1.58. The van der Waals surface area contributed by atoms with Gasteiger partial charge in [0.2, 0.25) is 0 Å². The van der Waals surface area contributed by atoms with Crippen molar-refractivity contribution in [1.82, 2.24) is 0 Å². The third kappa shape index (κ3) is 3.60. The molecule has 2 N–H and O–H groups in total. The summed E-state index contributed by atoms with van der Waals surface area (Å²) in [6, 6.07) is 9.87. The van der Waals surface area contributed by atoms with Gasteiger partial charge in [0.1, 0.15) is 18.2 Å². The van der Waals surface area contributed by atoms with Gasteiger partial charge in [-0.3, -0.25) is 0 Å². The summed E-state index contributed by atoms with van der Waals surface area (Å²) in [6.45, 7) is 0.637. The normalized spacial score (nSPS) is 10.5. The monoisotopic (exact) mass is 299 g/mol. The van der Waals surface area contributed by atoms with E-state index in [4.69, 9.17) is 33.7 Å². The van der Waals surface area contributed by atoms with Crippen LogP contribution in [0.2, 0.25) is 10.0 Å². The lowest BCUT2D eigenvalue weighted by Gasteiger charge is -2.09. The summed E-state index contributed by atoms with van der Waals surface area (Å²) in [7, 11) is 0. The van der Waals surface area contributed by atoms with Crippen LogP contribution in [0.25, 0.3) is 0 Å². The molecule has 0 aliphatic carbocycles. The fourth-order valence-corrected chi connectivity index (χ4v) is 1.95. The summed E-state index contributed by atoms with van der Waals surface area (Å²) >= 11 is 11.7. The Balaban J connectivity index is 2.07. The summed E-state index contributed by atoms with van der Waals surface area (Å²) in [5.74, 6) is 0.0709. The Bertz CT molecular complexity index is 590. The standard InChI is InChI=1S/C14H12Cl2FNO/c15-11-3-1-10(6-13(11)17)8-19-14-4-2-9(7-18)5-12(14)16/h1-6H,7-8,18H2. The van der Waals surface area contributed by atoms with Crippen LogP contribution in [0.5, 0.6) is 5.75 Å². The summed E-state index contributed by atoms with van der Waals surface area (Å²) in [4.78, 5) is 0. The van der Waals surface area contributed by atoms with Crippen molar-refractivity contribution in [3.8, 4) is 5.75 Å². The Labute approximate surface area is 120 Å². The lowest BCUT2D eigenvalue weighted by atomic mass is 10.2. The minimum Gasteiger partial charge on any atom is -0.487 e. The second-order valence-electron chi connectivity index (χ2n) is 4.01. The molecule has 0 radical (unpaired) electrons. The van der Waals surface area contributed by atoms with E-state index >= 15 is 0 Å². The first kappa shape index (κ1) is 14.1. The van der Waals surface area contributed by atoms with Gasteiger partial charge in [-0.1, -0.05) is 35.3 Å². The Morgan fingerprint density at radius 1 is 1.00 bits per heavy atom. The number of hydrogen-bond donors (Lipinski definition) is 1. The van der Waals surface area contributed by atoms with E-state index in [2.05, 4.69) is 0 Å². The lowest BCUT2D eigenvalue weighted by Crippen LogP contribution is -1.99. The molecule has 0 aliphatic rings. The molecule has 0 amide bonds. The lowest BCUT2D eigenvalue weighted by molar-refractivity contribution is 0.305. The van der Waals surface area contributed by atoms with E-state index in [9.17, 15) is 4.39 Å². The zero-order valence-corrected chi connectivity index (χ0v) is 11.5. The van der Waals surface area contributed by atoms with Gasteiger partial charge in [-0.05, 0) is 35.4 Å². The molecule has 2 rings (SSSR count). The second kappa shape index (κ2) is 6.24. The highest BCUT2D eigenvalue weighted by Gasteiger charge is 2.05. The van der Waals surface area contributed by atoms with E-state index in [0.29, 0.717) is 22.9 Å². The molecule has 0 saturated carbocycles. The van der Waals surface area contributed by atoms with Crippen molar-refractivity contribution in [2.24, 2.45) is 5.73 Å². The first-order valence-corrected chi connectivity index (χ1v) is 6.41. The fraction of sp³-hybridized carbons (Fsp3) is 0.143. The average molecular weight is 300 g/mol. The maximum absolute atomic E-state index is 13.3. The highest BCUT2D eigenvalue weighted by atomic mass is 35.5. The average Bonchev–Trinajstić information content (AvgIpc) is 2.41. The van der Waals surface area contributed by atoms with Crippen LogP contribution in [0.4, 0.5) is 4.39 Å². The van der Waals surface area contributed by atoms with Crippen molar-refractivity contribution < 1.29 is 9.13 Å². The van der Waals surface area contributed by atoms with Crippen molar-refractivity contribution >= 4 is 23.2 Å². The highest BCUT2D eigenvalue weighted by molar-refractivity contribution is 6.32. The van der Waals surface area contributed by atoms with Crippen LogP contribution in [0.15, 0.2) is 36.4 Å². The highest BCUT2D eigenvalue weighted by Crippen LogP contribution is 2.26. The molecule has 0 spiro atoms. The largest absolute Gasteiger partial charge is 0.487 e. The summed E-state index contributed by atoms with van der Waals surface area (Å²) in [6.07, 6.45) is 0. The maximum atomic E-state index is 13.3. The zero-order chi connectivity index (χ0) is 13.8. The molecule has 2 aromatic rings. The first-order valence-electron chi connectivity index (χ1n) is 5.65. The van der Waals surface area contributed by atoms with Crippen LogP contribution in [-0.2, 0) is 13.2 Å². The maximum Gasteiger partial charge on any atom is 0.142 e. The van der Waals surface area contributed by atoms with E-state index in [1.807, 2.05) is 6.07 Å². The van der Waals surface area contributed by atoms with Gasteiger partial charge in [-0.2, -0.15) is 0 Å². The molecular formula is C14H12Cl2FNO. The molecule has 0 aliphatic heterocycles. The predicted octanol–water partition coefficient (Wildman–Crippen LogP) is 4.17. The van der Waals surface area contributed by atoms with Crippen LogP contribution < -0.4 is 10.5 Å². The smallest absolute Gasteiger partial charge is 0.142 e. The van der Waals surface area contributed by atoms with E-state index in [-0.39, 0.29) is 11.6 Å². The van der Waals surface area contributed by atoms with Gasteiger partial charge in [0.25, 0.3) is 0 Å². The van der Waals surface area contributed by atoms with Gasteiger partial charge in [0, 0.05) is 6.54 Å². The number of ether oxygens (including phenoxy) is 1. The predicted molar refractivity (Wildman–Crippen MR) is 75.1 cm³/mol. The molecule has 2 aromatic carbocycles. The molecule has 0 bridgehead atoms. The van der Waals surface area contributed by atoms with Crippen LogP contribution in [-0.4, -0.2) is 0 Å². The van der Waals surface area contributed by atoms with Gasteiger partial charge in [-0.25, -0.2) is 4.39 Å². The Morgan fingerprint density at radius 3 is 2.37 bits per heavy atom. The number of rotatable bonds is 4. The van der Waals surface area contributed by atoms with Crippen LogP contribution in [0.1, 0.15) is 11.1 Å². The van der Waals surface area contributed by atoms with Gasteiger partial charge in [0.05, 0.1) is 10.0 Å². The minimum atomic E-state index is -0.465. The van der Waals surface area contributed by atoms with Crippen LogP contribution in [0.3, 0.4) is 0 Å². The first-order chi connectivity index (χ1) is 9.10. The molecule has 100 valence electrons. The molecule has 0 atom stereocenters. The summed E-state index contributed by atoms with van der Waals surface area (Å²) < 4.78 is 18.8. The number of nitrogens with two attached hydrogens (primary N) is 1. The quantitative estimate of drug-likeness (QED) is 0.919. The van der Waals surface area contributed by atoms with E-state index in [1.54, 1.807) is 18.2 Å². The zero-order valence-electron chi connectivity index (χ0n) is 10.00. The Morgan fingerprint density at radius 2 is 1.74 bits per heavy atom. The molecule has 0 aromatic heterocycles. The van der Waals surface area contributed by atoms with Crippen molar-refractivity contribution in [2.45, 2.75) is 13.2 Å². The third-order valence-electron chi connectivity index (χ3n) is 2.61. The van der Waals surface area contributed by atoms with Gasteiger partial charge in [-0.15, -0.1) is 0 Å². The molecule has 0 fully saturated rings.